The Bertz CT molecular complexity index is 461. The van der Waals surface area contributed by atoms with Crippen molar-refractivity contribution in [1.82, 2.24) is 0 Å². The third-order valence-electron chi connectivity index (χ3n) is 1.87. The molecule has 1 aromatic rings. The Labute approximate surface area is 98.4 Å². The summed E-state index contributed by atoms with van der Waals surface area (Å²) in [6.45, 7) is 0. The highest BCUT2D eigenvalue weighted by molar-refractivity contribution is 9.10. The molecule has 1 rings (SSSR count). The van der Waals surface area contributed by atoms with Crippen molar-refractivity contribution in [2.45, 2.75) is 0 Å². The minimum Gasteiger partial charge on any atom is -0.397 e. The van der Waals surface area contributed by atoms with Gasteiger partial charge in [0.1, 0.15) is 12.3 Å². The van der Waals surface area contributed by atoms with Crippen LogP contribution < -0.4 is 16.9 Å². The number of rotatable bonds is 2. The molecule has 0 aliphatic rings. The smallest absolute Gasteiger partial charge is 0.361 e. The molecule has 0 saturated carbocycles. The Balaban J connectivity index is 3.83. The molecule has 0 atom stereocenters. The lowest BCUT2D eigenvalue weighted by molar-refractivity contribution is -0.422. The summed E-state index contributed by atoms with van der Waals surface area (Å²) in [5.41, 5.74) is 8.14. The number of benzene rings is 1. The second-order valence-electron chi connectivity index (χ2n) is 2.77. The van der Waals surface area contributed by atoms with Crippen molar-refractivity contribution in [3.63, 3.8) is 0 Å². The lowest BCUT2D eigenvalue weighted by atomic mass is 9.90. The van der Waals surface area contributed by atoms with Crippen LogP contribution in [0.1, 0.15) is 0 Å². The summed E-state index contributed by atoms with van der Waals surface area (Å²) < 4.78 is -0.254. The van der Waals surface area contributed by atoms with Crippen LogP contribution >= 0.6 is 15.9 Å². The Kier molecular flexibility index (Phi) is 3.03. The lowest BCUT2D eigenvalue weighted by Crippen LogP contribution is -2.19. The van der Waals surface area contributed by atoms with Gasteiger partial charge in [0.05, 0.1) is 21.2 Å². The maximum atomic E-state index is 10.7. The average Bonchev–Trinajstić information content (AvgIpc) is 2.18. The van der Waals surface area contributed by atoms with Crippen LogP contribution in [0.2, 0.25) is 0 Å². The van der Waals surface area contributed by atoms with Gasteiger partial charge in [0.15, 0.2) is 0 Å². The van der Waals surface area contributed by atoms with Gasteiger partial charge in [0.2, 0.25) is 0 Å². The highest BCUT2D eigenvalue weighted by Crippen LogP contribution is 2.39. The Morgan fingerprint density at radius 2 is 1.50 bits per heavy atom. The molecule has 0 fully saturated rings. The van der Waals surface area contributed by atoms with Crippen LogP contribution in [-0.4, -0.2) is 17.7 Å². The molecular formula is C6H4BBrN4O4. The number of nitro groups is 2. The van der Waals surface area contributed by atoms with E-state index in [1.807, 2.05) is 0 Å². The Hall–Kier alpha value is -1.84. The second-order valence-corrected chi connectivity index (χ2v) is 3.56. The van der Waals surface area contributed by atoms with Gasteiger partial charge in [0.25, 0.3) is 0 Å². The first-order chi connectivity index (χ1) is 7.29. The molecule has 0 unspecified atom stereocenters. The van der Waals surface area contributed by atoms with E-state index in [1.165, 1.54) is 0 Å². The van der Waals surface area contributed by atoms with Crippen LogP contribution in [-0.2, 0) is 0 Å². The predicted molar refractivity (Wildman–Crippen MR) is 61.7 cm³/mol. The van der Waals surface area contributed by atoms with Crippen molar-refractivity contribution in [2.24, 2.45) is 0 Å². The molecule has 0 saturated heterocycles. The molecular weight excluding hydrogens is 283 g/mol. The van der Waals surface area contributed by atoms with Gasteiger partial charge in [-0.15, -0.1) is 0 Å². The van der Waals surface area contributed by atoms with Gasteiger partial charge < -0.3 is 11.5 Å². The number of hydrogen-bond donors (Lipinski definition) is 2. The van der Waals surface area contributed by atoms with Crippen LogP contribution in [0.25, 0.3) is 0 Å². The average molecular weight is 287 g/mol. The summed E-state index contributed by atoms with van der Waals surface area (Å²) in [5.74, 6) is 0. The monoisotopic (exact) mass is 286 g/mol. The number of halogens is 1. The molecule has 16 heavy (non-hydrogen) atoms. The second kappa shape index (κ2) is 3.97. The van der Waals surface area contributed by atoms with E-state index in [4.69, 9.17) is 19.3 Å². The fourth-order valence-corrected chi connectivity index (χ4v) is 1.65. The first kappa shape index (κ1) is 12.2. The van der Waals surface area contributed by atoms with Crippen LogP contribution in [0.3, 0.4) is 0 Å². The number of nitrogen functional groups attached to an aromatic ring is 2. The molecule has 1 aromatic carbocycles. The molecule has 0 bridgehead atoms. The molecule has 4 N–H and O–H groups in total. The number of nitrogens with two attached hydrogens (primary N) is 2. The summed E-state index contributed by atoms with van der Waals surface area (Å²) >= 11 is 2.78. The number of nitro benzene ring substituents is 2. The zero-order valence-electron chi connectivity index (χ0n) is 7.64. The number of anilines is 2. The molecule has 2 radical (unpaired) electrons. The number of nitrogens with zero attached hydrogens (tertiary/aromatic N) is 2. The lowest BCUT2D eigenvalue weighted by Gasteiger charge is -2.08. The van der Waals surface area contributed by atoms with E-state index in [2.05, 4.69) is 15.9 Å². The maximum Gasteiger partial charge on any atom is 0.361 e. The van der Waals surface area contributed by atoms with E-state index in [9.17, 15) is 20.2 Å². The van der Waals surface area contributed by atoms with Crippen molar-refractivity contribution >= 4 is 52.0 Å². The summed E-state index contributed by atoms with van der Waals surface area (Å²) in [4.78, 5) is 19.4. The van der Waals surface area contributed by atoms with Crippen molar-refractivity contribution in [3.05, 3.63) is 24.7 Å². The van der Waals surface area contributed by atoms with E-state index in [0.29, 0.717) is 0 Å². The van der Waals surface area contributed by atoms with Gasteiger partial charge in [-0.3, -0.25) is 20.2 Å². The Morgan fingerprint density at radius 1 is 1.06 bits per heavy atom. The number of hydrogen-bond acceptors (Lipinski definition) is 6. The molecule has 0 heterocycles. The van der Waals surface area contributed by atoms with E-state index >= 15 is 0 Å². The molecule has 0 amide bonds. The van der Waals surface area contributed by atoms with Crippen molar-refractivity contribution in [2.75, 3.05) is 11.5 Å². The minimum absolute atomic E-state index is 0.199. The summed E-state index contributed by atoms with van der Waals surface area (Å²) in [6.07, 6.45) is 0. The molecule has 8 nitrogen and oxygen atoms in total. The van der Waals surface area contributed by atoms with Crippen LogP contribution in [0.15, 0.2) is 4.47 Å². The molecule has 0 aliphatic heterocycles. The fraction of sp³-hybridized carbons (Fsp3) is 0. The fourth-order valence-electron chi connectivity index (χ4n) is 1.10. The third-order valence-corrected chi connectivity index (χ3v) is 2.67. The highest BCUT2D eigenvalue weighted by atomic mass is 79.9. The van der Waals surface area contributed by atoms with E-state index in [-0.39, 0.29) is 15.8 Å². The van der Waals surface area contributed by atoms with E-state index in [1.54, 1.807) is 0 Å². The van der Waals surface area contributed by atoms with Crippen LogP contribution in [0, 0.1) is 20.2 Å². The molecule has 0 aliphatic carbocycles. The van der Waals surface area contributed by atoms with Crippen LogP contribution in [0.5, 0.6) is 0 Å². The molecule has 82 valence electrons. The quantitative estimate of drug-likeness (QED) is 0.345. The van der Waals surface area contributed by atoms with Crippen LogP contribution in [0.4, 0.5) is 22.7 Å². The standard InChI is InChI=1S/C6H4BBrN4O4/c7-1-3(9)4(10)2(8)6(12(15)16)5(1)11(13)14/h9-10H2. The zero-order chi connectivity index (χ0) is 12.6. The maximum absolute atomic E-state index is 10.7. The van der Waals surface area contributed by atoms with Gasteiger partial charge in [-0.05, 0) is 15.9 Å². The molecule has 0 spiro atoms. The van der Waals surface area contributed by atoms with Gasteiger partial charge in [-0.25, -0.2) is 0 Å². The van der Waals surface area contributed by atoms with Gasteiger partial charge in [0, 0.05) is 5.46 Å². The summed E-state index contributed by atoms with van der Waals surface area (Å²) in [5, 5.41) is 21.3. The van der Waals surface area contributed by atoms with E-state index in [0.717, 1.165) is 0 Å². The SMILES string of the molecule is [B]c1c(N)c(N)c(Br)c([N+](=O)[O-])c1[N+](=O)[O-]. The predicted octanol–water partition coefficient (Wildman–Crippen LogP) is 0.224. The normalized spacial score (nSPS) is 10.1. The minimum atomic E-state index is -0.978. The van der Waals surface area contributed by atoms with Crippen molar-refractivity contribution < 1.29 is 9.85 Å². The first-order valence-electron chi connectivity index (χ1n) is 3.73. The first-order valence-corrected chi connectivity index (χ1v) is 4.53. The van der Waals surface area contributed by atoms with Crippen molar-refractivity contribution in [1.29, 1.82) is 0 Å². The molecule has 10 heteroatoms. The topological polar surface area (TPSA) is 138 Å². The van der Waals surface area contributed by atoms with Gasteiger partial charge >= 0.3 is 11.4 Å². The summed E-state index contributed by atoms with van der Waals surface area (Å²) in [6, 6.07) is 0. The Morgan fingerprint density at radius 3 is 1.88 bits per heavy atom. The summed E-state index contributed by atoms with van der Waals surface area (Å²) in [7, 11) is 5.32. The largest absolute Gasteiger partial charge is 0.397 e. The third kappa shape index (κ3) is 1.67. The van der Waals surface area contributed by atoms with Gasteiger partial charge in [-0.2, -0.15) is 0 Å². The highest BCUT2D eigenvalue weighted by Gasteiger charge is 2.33. The zero-order valence-corrected chi connectivity index (χ0v) is 9.22. The molecule has 0 aromatic heterocycles. The van der Waals surface area contributed by atoms with Gasteiger partial charge in [-0.1, -0.05) is 0 Å². The van der Waals surface area contributed by atoms with E-state index < -0.39 is 26.7 Å². The van der Waals surface area contributed by atoms with Crippen molar-refractivity contribution in [3.8, 4) is 0 Å².